The first-order chi connectivity index (χ1) is 18.6. The van der Waals surface area contributed by atoms with E-state index in [9.17, 15) is 0 Å². The molecule has 0 unspecified atom stereocenters. The van der Waals surface area contributed by atoms with Crippen molar-refractivity contribution < 1.29 is 4.74 Å². The molecule has 6 rings (SSSR count). The molecule has 2 aromatic carbocycles. The molecule has 1 atom stereocenters. The van der Waals surface area contributed by atoms with Gasteiger partial charge in [-0.1, -0.05) is 86.3 Å². The van der Waals surface area contributed by atoms with E-state index in [-0.39, 0.29) is 11.6 Å². The van der Waals surface area contributed by atoms with Crippen molar-refractivity contribution >= 4 is 39.1 Å². The molecule has 4 heterocycles. The fraction of sp³-hybridized carbons (Fsp3) is 0.419. The second kappa shape index (κ2) is 11.0. The maximum atomic E-state index is 6.29. The van der Waals surface area contributed by atoms with Gasteiger partial charge in [-0.05, 0) is 35.8 Å². The quantitative estimate of drug-likeness (QED) is 0.185. The second-order valence-corrected chi connectivity index (χ2v) is 12.8. The molecule has 1 saturated heterocycles. The largest absolute Gasteiger partial charge is 0.369 e. The SMILES string of the molecule is CCSc1nc(N2CCN(C(c3ccccc3)c3ccccc3)CC2)c2c3c(sc2n1)CO[C@@](C)(CC)C3. The number of ether oxygens (including phenoxy) is 1. The molecule has 38 heavy (non-hydrogen) atoms. The highest BCUT2D eigenvalue weighted by Gasteiger charge is 2.35. The van der Waals surface area contributed by atoms with E-state index in [4.69, 9.17) is 14.7 Å². The normalized spacial score (nSPS) is 20.3. The van der Waals surface area contributed by atoms with E-state index in [1.807, 2.05) is 0 Å². The zero-order valence-corrected chi connectivity index (χ0v) is 24.2. The summed E-state index contributed by atoms with van der Waals surface area (Å²) in [6.07, 6.45) is 1.93. The number of benzene rings is 2. The van der Waals surface area contributed by atoms with Gasteiger partial charge in [-0.2, -0.15) is 0 Å². The third-order valence-electron chi connectivity index (χ3n) is 8.03. The Labute approximate surface area is 234 Å². The van der Waals surface area contributed by atoms with Gasteiger partial charge in [0.1, 0.15) is 10.6 Å². The molecule has 0 aliphatic carbocycles. The standard InChI is InChI=1S/C31H36N4OS2/c1-4-31(3)20-24-25(21-36-31)38-29-26(24)28(32-30(33-29)37-5-2)35-18-16-34(17-19-35)27(22-12-8-6-9-13-22)23-14-10-7-11-15-23/h6-15,27H,4-5,16-21H2,1-3H3/t31-/m0/s1. The first kappa shape index (κ1) is 25.8. The van der Waals surface area contributed by atoms with Gasteiger partial charge in [-0.3, -0.25) is 4.90 Å². The van der Waals surface area contributed by atoms with Crippen LogP contribution in [0.2, 0.25) is 0 Å². The third kappa shape index (κ3) is 4.97. The zero-order chi connectivity index (χ0) is 26.1. The molecular formula is C31H36N4OS2. The number of thiophene rings is 1. The molecular weight excluding hydrogens is 509 g/mol. The molecule has 1 fully saturated rings. The highest BCUT2D eigenvalue weighted by Crippen LogP contribution is 2.43. The van der Waals surface area contributed by atoms with Crippen molar-refractivity contribution in [2.45, 2.75) is 57.0 Å². The van der Waals surface area contributed by atoms with Crippen LogP contribution in [0.25, 0.3) is 10.2 Å². The highest BCUT2D eigenvalue weighted by atomic mass is 32.2. The van der Waals surface area contributed by atoms with Crippen LogP contribution < -0.4 is 4.90 Å². The van der Waals surface area contributed by atoms with Crippen LogP contribution >= 0.6 is 23.1 Å². The predicted molar refractivity (Wildman–Crippen MR) is 160 cm³/mol. The Hall–Kier alpha value is -2.45. The maximum absolute atomic E-state index is 6.29. The first-order valence-electron chi connectivity index (χ1n) is 13.8. The van der Waals surface area contributed by atoms with Crippen LogP contribution in [0.4, 0.5) is 5.82 Å². The molecule has 4 aromatic rings. The van der Waals surface area contributed by atoms with Gasteiger partial charge in [0, 0.05) is 37.5 Å². The average molecular weight is 545 g/mol. The molecule has 5 nitrogen and oxygen atoms in total. The number of fused-ring (bicyclic) bond motifs is 3. The summed E-state index contributed by atoms with van der Waals surface area (Å²) < 4.78 is 6.29. The minimum atomic E-state index is -0.119. The lowest BCUT2D eigenvalue weighted by molar-refractivity contribution is -0.0543. The third-order valence-corrected chi connectivity index (χ3v) is 9.86. The van der Waals surface area contributed by atoms with E-state index in [0.717, 1.165) is 60.6 Å². The summed E-state index contributed by atoms with van der Waals surface area (Å²) in [6, 6.07) is 22.1. The van der Waals surface area contributed by atoms with Crippen LogP contribution in [0.15, 0.2) is 65.8 Å². The monoisotopic (exact) mass is 544 g/mol. The molecule has 198 valence electrons. The number of hydrogen-bond donors (Lipinski definition) is 0. The van der Waals surface area contributed by atoms with Crippen LogP contribution in [0.3, 0.4) is 0 Å². The summed E-state index contributed by atoms with van der Waals surface area (Å²) in [5.41, 5.74) is 4.00. The molecule has 2 aromatic heterocycles. The van der Waals surface area contributed by atoms with Crippen LogP contribution in [-0.4, -0.2) is 52.4 Å². The topological polar surface area (TPSA) is 41.5 Å². The Morgan fingerprint density at radius 3 is 2.21 bits per heavy atom. The summed E-state index contributed by atoms with van der Waals surface area (Å²) in [5, 5.41) is 2.16. The van der Waals surface area contributed by atoms with Crippen molar-refractivity contribution in [3.63, 3.8) is 0 Å². The number of piperazine rings is 1. The van der Waals surface area contributed by atoms with Crippen molar-refractivity contribution in [2.24, 2.45) is 0 Å². The fourth-order valence-electron chi connectivity index (χ4n) is 5.76. The average Bonchev–Trinajstić information content (AvgIpc) is 3.32. The Balaban J connectivity index is 1.33. The minimum absolute atomic E-state index is 0.119. The Bertz CT molecular complexity index is 1350. The lowest BCUT2D eigenvalue weighted by Crippen LogP contribution is -2.48. The molecule has 0 amide bonds. The van der Waals surface area contributed by atoms with Crippen LogP contribution in [0, 0.1) is 0 Å². The number of nitrogens with zero attached hydrogens (tertiary/aromatic N) is 4. The second-order valence-electron chi connectivity index (χ2n) is 10.5. The van der Waals surface area contributed by atoms with Gasteiger partial charge in [0.25, 0.3) is 0 Å². The lowest BCUT2D eigenvalue weighted by atomic mass is 9.90. The highest BCUT2D eigenvalue weighted by molar-refractivity contribution is 7.99. The first-order valence-corrected chi connectivity index (χ1v) is 15.6. The lowest BCUT2D eigenvalue weighted by Gasteiger charge is -2.40. The van der Waals surface area contributed by atoms with E-state index < -0.39 is 0 Å². The minimum Gasteiger partial charge on any atom is -0.369 e. The molecule has 0 radical (unpaired) electrons. The molecule has 7 heteroatoms. The van der Waals surface area contributed by atoms with Gasteiger partial charge in [0.15, 0.2) is 5.16 Å². The number of rotatable bonds is 7. The Morgan fingerprint density at radius 2 is 1.61 bits per heavy atom. The smallest absolute Gasteiger partial charge is 0.190 e. The van der Waals surface area contributed by atoms with Gasteiger partial charge < -0.3 is 9.64 Å². The van der Waals surface area contributed by atoms with E-state index in [1.54, 1.807) is 23.1 Å². The molecule has 0 saturated carbocycles. The van der Waals surface area contributed by atoms with Crippen molar-refractivity contribution in [1.82, 2.24) is 14.9 Å². The van der Waals surface area contributed by atoms with E-state index in [0.29, 0.717) is 6.61 Å². The number of hydrogen-bond acceptors (Lipinski definition) is 7. The fourth-order valence-corrected chi connectivity index (χ4v) is 7.48. The van der Waals surface area contributed by atoms with Gasteiger partial charge in [-0.15, -0.1) is 11.3 Å². The molecule has 0 N–H and O–H groups in total. The summed E-state index contributed by atoms with van der Waals surface area (Å²) in [7, 11) is 0. The molecule has 0 bridgehead atoms. The number of anilines is 1. The summed E-state index contributed by atoms with van der Waals surface area (Å²) >= 11 is 3.54. The van der Waals surface area contributed by atoms with Crippen molar-refractivity contribution in [1.29, 1.82) is 0 Å². The summed E-state index contributed by atoms with van der Waals surface area (Å²) in [5.74, 6) is 2.09. The van der Waals surface area contributed by atoms with Gasteiger partial charge in [0.05, 0.1) is 23.6 Å². The number of aromatic nitrogens is 2. The van der Waals surface area contributed by atoms with Crippen molar-refractivity contribution in [3.8, 4) is 0 Å². The van der Waals surface area contributed by atoms with E-state index in [2.05, 4.69) is 91.2 Å². The predicted octanol–water partition coefficient (Wildman–Crippen LogP) is 6.96. The summed E-state index contributed by atoms with van der Waals surface area (Å²) in [6.45, 7) is 11.2. The van der Waals surface area contributed by atoms with E-state index in [1.165, 1.54) is 27.0 Å². The van der Waals surface area contributed by atoms with Crippen LogP contribution in [0.5, 0.6) is 0 Å². The Morgan fingerprint density at radius 1 is 0.947 bits per heavy atom. The molecule has 0 spiro atoms. The van der Waals surface area contributed by atoms with Crippen LogP contribution in [-0.2, 0) is 17.8 Å². The summed E-state index contributed by atoms with van der Waals surface area (Å²) in [4.78, 5) is 17.8. The van der Waals surface area contributed by atoms with Crippen molar-refractivity contribution in [2.75, 3.05) is 36.8 Å². The Kier molecular flexibility index (Phi) is 7.45. The van der Waals surface area contributed by atoms with Crippen LogP contribution in [0.1, 0.15) is 54.8 Å². The maximum Gasteiger partial charge on any atom is 0.190 e. The van der Waals surface area contributed by atoms with E-state index >= 15 is 0 Å². The van der Waals surface area contributed by atoms with Gasteiger partial charge in [-0.25, -0.2) is 9.97 Å². The number of thioether (sulfide) groups is 1. The molecule has 2 aliphatic heterocycles. The van der Waals surface area contributed by atoms with Gasteiger partial charge in [0.2, 0.25) is 0 Å². The molecule has 2 aliphatic rings. The zero-order valence-electron chi connectivity index (χ0n) is 22.5. The van der Waals surface area contributed by atoms with Crippen molar-refractivity contribution in [3.05, 3.63) is 82.2 Å². The van der Waals surface area contributed by atoms with Gasteiger partial charge >= 0.3 is 0 Å².